The molecule has 6 heteroatoms. The van der Waals surface area contributed by atoms with Crippen molar-refractivity contribution in [1.82, 2.24) is 4.98 Å². The summed E-state index contributed by atoms with van der Waals surface area (Å²) in [7, 11) is 0. The van der Waals surface area contributed by atoms with Gasteiger partial charge in [0.25, 0.3) is 0 Å². The Morgan fingerprint density at radius 2 is 1.50 bits per heavy atom. The summed E-state index contributed by atoms with van der Waals surface area (Å²) in [4.78, 5) is 17.6. The molecule has 0 aliphatic heterocycles. The van der Waals surface area contributed by atoms with Gasteiger partial charge in [-0.15, -0.1) is 0 Å². The van der Waals surface area contributed by atoms with Crippen molar-refractivity contribution in [3.8, 4) is 10.6 Å². The second-order valence-electron chi connectivity index (χ2n) is 6.91. The molecule has 0 saturated carbocycles. The predicted molar refractivity (Wildman–Crippen MR) is 128 cm³/mol. The van der Waals surface area contributed by atoms with Crippen LogP contribution in [0.3, 0.4) is 0 Å². The Morgan fingerprint density at radius 3 is 2.13 bits per heavy atom. The van der Waals surface area contributed by atoms with E-state index in [-0.39, 0.29) is 5.12 Å². The first-order valence-electron chi connectivity index (χ1n) is 9.37. The molecule has 3 nitrogen and oxygen atoms in total. The van der Waals surface area contributed by atoms with Gasteiger partial charge in [0.1, 0.15) is 15.0 Å². The van der Waals surface area contributed by atoms with Crippen LogP contribution >= 0.6 is 34.7 Å². The topological polar surface area (TPSA) is 42.0 Å². The molecule has 0 aliphatic rings. The molecule has 3 aromatic carbocycles. The Bertz CT molecular complexity index is 1170. The van der Waals surface area contributed by atoms with Crippen molar-refractivity contribution in [3.63, 3.8) is 0 Å². The minimum absolute atomic E-state index is 0.0325. The summed E-state index contributed by atoms with van der Waals surface area (Å²) in [5, 5.41) is 6.40. The first-order valence-corrected chi connectivity index (χ1v) is 11.4. The van der Waals surface area contributed by atoms with E-state index >= 15 is 0 Å². The van der Waals surface area contributed by atoms with E-state index in [1.54, 1.807) is 0 Å². The van der Waals surface area contributed by atoms with Gasteiger partial charge in [-0.3, -0.25) is 4.79 Å². The van der Waals surface area contributed by atoms with Gasteiger partial charge in [-0.2, -0.15) is 0 Å². The fourth-order valence-corrected chi connectivity index (χ4v) is 4.80. The standard InChI is InChI=1S/C24H19ClN2OS2/c1-15-3-7-17(8-4-15)21-27-23(30-24(28)18-9-5-16(2)6-10-18)22(29-21)26-20-13-11-19(25)12-14-20/h3-14,26H,1-2H3. The number of carbonyl (C=O) groups is 1. The molecule has 0 aliphatic carbocycles. The van der Waals surface area contributed by atoms with Gasteiger partial charge in [0.15, 0.2) is 0 Å². The summed E-state index contributed by atoms with van der Waals surface area (Å²) >= 11 is 8.68. The second kappa shape index (κ2) is 9.04. The van der Waals surface area contributed by atoms with E-state index in [4.69, 9.17) is 16.6 Å². The molecule has 1 heterocycles. The van der Waals surface area contributed by atoms with E-state index in [1.807, 2.05) is 55.5 Å². The van der Waals surface area contributed by atoms with Crippen LogP contribution in [0.1, 0.15) is 21.5 Å². The number of nitrogens with one attached hydrogen (secondary N) is 1. The maximum atomic E-state index is 12.8. The fourth-order valence-electron chi connectivity index (χ4n) is 2.77. The van der Waals surface area contributed by atoms with E-state index in [2.05, 4.69) is 36.5 Å². The average molecular weight is 451 g/mol. The zero-order valence-electron chi connectivity index (χ0n) is 16.5. The van der Waals surface area contributed by atoms with E-state index in [9.17, 15) is 4.79 Å². The molecule has 30 heavy (non-hydrogen) atoms. The number of aryl methyl sites for hydroxylation is 2. The van der Waals surface area contributed by atoms with Crippen LogP contribution in [0, 0.1) is 13.8 Å². The van der Waals surface area contributed by atoms with E-state index in [1.165, 1.54) is 16.9 Å². The number of thioether (sulfide) groups is 1. The number of benzene rings is 3. The first-order chi connectivity index (χ1) is 14.5. The van der Waals surface area contributed by atoms with Gasteiger partial charge in [0.05, 0.1) is 0 Å². The molecule has 4 aromatic rings. The number of nitrogens with zero attached hydrogens (tertiary/aromatic N) is 1. The number of hydrogen-bond acceptors (Lipinski definition) is 5. The van der Waals surface area contributed by atoms with Crippen molar-refractivity contribution >= 4 is 50.5 Å². The van der Waals surface area contributed by atoms with Crippen LogP contribution in [-0.4, -0.2) is 10.1 Å². The number of aromatic nitrogens is 1. The summed E-state index contributed by atoms with van der Waals surface area (Å²) in [6, 6.07) is 23.3. The molecule has 0 spiro atoms. The van der Waals surface area contributed by atoms with Crippen LogP contribution in [0.5, 0.6) is 0 Å². The highest BCUT2D eigenvalue weighted by atomic mass is 35.5. The first kappa shape index (κ1) is 20.7. The van der Waals surface area contributed by atoms with Crippen molar-refractivity contribution in [1.29, 1.82) is 0 Å². The van der Waals surface area contributed by atoms with E-state index < -0.39 is 0 Å². The van der Waals surface area contributed by atoms with Gasteiger partial charge >= 0.3 is 0 Å². The number of halogens is 1. The largest absolute Gasteiger partial charge is 0.345 e. The number of thiazole rings is 1. The zero-order chi connectivity index (χ0) is 21.1. The summed E-state index contributed by atoms with van der Waals surface area (Å²) in [6.45, 7) is 4.06. The Balaban J connectivity index is 1.67. The lowest BCUT2D eigenvalue weighted by molar-refractivity contribution is 0.108. The summed E-state index contributed by atoms with van der Waals surface area (Å²) in [6.07, 6.45) is 0. The quantitative estimate of drug-likeness (QED) is 0.315. The summed E-state index contributed by atoms with van der Waals surface area (Å²) in [5.74, 6) is 0. The molecule has 0 saturated heterocycles. The molecule has 150 valence electrons. The maximum Gasteiger partial charge on any atom is 0.225 e. The van der Waals surface area contributed by atoms with Gasteiger partial charge in [-0.1, -0.05) is 82.6 Å². The molecule has 0 radical (unpaired) electrons. The number of carbonyl (C=O) groups excluding carboxylic acids is 1. The normalized spacial score (nSPS) is 10.8. The Kier molecular flexibility index (Phi) is 6.23. The highest BCUT2D eigenvalue weighted by molar-refractivity contribution is 8.14. The molecule has 1 aromatic heterocycles. The van der Waals surface area contributed by atoms with Gasteiger partial charge in [0, 0.05) is 21.8 Å². The third-order valence-corrected chi connectivity index (χ3v) is 6.78. The van der Waals surface area contributed by atoms with Crippen molar-refractivity contribution < 1.29 is 4.79 Å². The lowest BCUT2D eigenvalue weighted by atomic mass is 10.2. The number of rotatable bonds is 5. The van der Waals surface area contributed by atoms with Gasteiger partial charge in [-0.05, 0) is 49.9 Å². The predicted octanol–water partition coefficient (Wildman–Crippen LogP) is 7.76. The average Bonchev–Trinajstić information content (AvgIpc) is 3.13. The minimum atomic E-state index is -0.0325. The smallest absolute Gasteiger partial charge is 0.225 e. The van der Waals surface area contributed by atoms with E-state index in [0.717, 1.165) is 38.6 Å². The van der Waals surface area contributed by atoms with Crippen LogP contribution < -0.4 is 5.32 Å². The zero-order valence-corrected chi connectivity index (χ0v) is 18.9. The summed E-state index contributed by atoms with van der Waals surface area (Å²) < 4.78 is 0. The molecule has 0 bridgehead atoms. The van der Waals surface area contributed by atoms with Crippen LogP contribution in [0.4, 0.5) is 10.7 Å². The lowest BCUT2D eigenvalue weighted by Crippen LogP contribution is -1.95. The lowest BCUT2D eigenvalue weighted by Gasteiger charge is -2.06. The highest BCUT2D eigenvalue weighted by Crippen LogP contribution is 2.40. The molecule has 0 unspecified atom stereocenters. The molecular formula is C24H19ClN2OS2. The third kappa shape index (κ3) is 4.93. The fraction of sp³-hybridized carbons (Fsp3) is 0.0833. The number of anilines is 2. The monoisotopic (exact) mass is 450 g/mol. The van der Waals surface area contributed by atoms with Gasteiger partial charge in [0.2, 0.25) is 5.12 Å². The SMILES string of the molecule is Cc1ccc(C(=O)Sc2nc(-c3ccc(C)cc3)sc2Nc2ccc(Cl)cc2)cc1. The Labute approximate surface area is 189 Å². The molecular weight excluding hydrogens is 432 g/mol. The van der Waals surface area contributed by atoms with Crippen molar-refractivity contribution in [3.05, 3.63) is 94.5 Å². The van der Waals surface area contributed by atoms with Gasteiger partial charge < -0.3 is 5.32 Å². The van der Waals surface area contributed by atoms with Crippen molar-refractivity contribution in [2.24, 2.45) is 0 Å². The van der Waals surface area contributed by atoms with Crippen LogP contribution in [-0.2, 0) is 0 Å². The molecule has 1 N–H and O–H groups in total. The van der Waals surface area contributed by atoms with Gasteiger partial charge in [-0.25, -0.2) is 4.98 Å². The van der Waals surface area contributed by atoms with Crippen LogP contribution in [0.25, 0.3) is 10.6 Å². The van der Waals surface area contributed by atoms with Crippen molar-refractivity contribution in [2.45, 2.75) is 18.9 Å². The maximum absolute atomic E-state index is 12.8. The molecule has 0 atom stereocenters. The molecule has 0 fully saturated rings. The highest BCUT2D eigenvalue weighted by Gasteiger charge is 2.18. The number of hydrogen-bond donors (Lipinski definition) is 1. The second-order valence-corrected chi connectivity index (χ2v) is 9.30. The minimum Gasteiger partial charge on any atom is -0.345 e. The van der Waals surface area contributed by atoms with Crippen molar-refractivity contribution in [2.75, 3.05) is 5.32 Å². The van der Waals surface area contributed by atoms with Crippen LogP contribution in [0.15, 0.2) is 77.8 Å². The van der Waals surface area contributed by atoms with E-state index in [0.29, 0.717) is 15.6 Å². The molecule has 0 amide bonds. The third-order valence-electron chi connectivity index (χ3n) is 4.47. The van der Waals surface area contributed by atoms with Crippen LogP contribution in [0.2, 0.25) is 5.02 Å². The summed E-state index contributed by atoms with van der Waals surface area (Å²) in [5.41, 5.74) is 4.89. The molecule has 4 rings (SSSR count). The Hall–Kier alpha value is -2.60. The Morgan fingerprint density at radius 1 is 0.900 bits per heavy atom.